The summed E-state index contributed by atoms with van der Waals surface area (Å²) in [5, 5.41) is 21.1. The van der Waals surface area contributed by atoms with E-state index in [-0.39, 0.29) is 19.3 Å². The zero-order valence-corrected chi connectivity index (χ0v) is 9.54. The number of hydrogen-bond donors (Lipinski definition) is 3. The highest BCUT2D eigenvalue weighted by Crippen LogP contribution is 2.20. The molecule has 0 aliphatic heterocycles. The molecule has 0 amide bonds. The third-order valence-electron chi connectivity index (χ3n) is 2.64. The molecule has 15 heavy (non-hydrogen) atoms. The fourth-order valence-electron chi connectivity index (χ4n) is 1.48. The van der Waals surface area contributed by atoms with E-state index in [0.717, 1.165) is 11.3 Å². The Labute approximate surface area is 90.8 Å². The standard InChI is InChI=1S/C12H19NO2/c1-8-4-10(3)12(5-9(8)2)13-11(6-14)7-15/h4-5,11,13-15H,6-7H2,1-3H3. The summed E-state index contributed by atoms with van der Waals surface area (Å²) in [5.41, 5.74) is 4.57. The van der Waals surface area contributed by atoms with E-state index in [1.807, 2.05) is 19.9 Å². The highest BCUT2D eigenvalue weighted by Gasteiger charge is 2.08. The number of aryl methyl sites for hydroxylation is 3. The van der Waals surface area contributed by atoms with Crippen molar-refractivity contribution in [2.75, 3.05) is 18.5 Å². The molecule has 3 nitrogen and oxygen atoms in total. The van der Waals surface area contributed by atoms with E-state index >= 15 is 0 Å². The zero-order chi connectivity index (χ0) is 11.4. The van der Waals surface area contributed by atoms with Crippen LogP contribution in [0, 0.1) is 20.8 Å². The monoisotopic (exact) mass is 209 g/mol. The quantitative estimate of drug-likeness (QED) is 0.702. The van der Waals surface area contributed by atoms with Crippen molar-refractivity contribution in [2.24, 2.45) is 0 Å². The summed E-state index contributed by atoms with van der Waals surface area (Å²) in [6.45, 7) is 6.00. The number of benzene rings is 1. The van der Waals surface area contributed by atoms with Gasteiger partial charge in [-0.25, -0.2) is 0 Å². The number of aliphatic hydroxyl groups is 2. The summed E-state index contributed by atoms with van der Waals surface area (Å²) in [7, 11) is 0. The van der Waals surface area contributed by atoms with Crippen molar-refractivity contribution in [1.29, 1.82) is 0 Å². The van der Waals surface area contributed by atoms with Gasteiger partial charge in [0.1, 0.15) is 0 Å². The summed E-state index contributed by atoms with van der Waals surface area (Å²) in [4.78, 5) is 0. The van der Waals surface area contributed by atoms with E-state index in [9.17, 15) is 0 Å². The van der Waals surface area contributed by atoms with Crippen LogP contribution in [0.2, 0.25) is 0 Å². The smallest absolute Gasteiger partial charge is 0.0723 e. The van der Waals surface area contributed by atoms with Gasteiger partial charge in [0.15, 0.2) is 0 Å². The van der Waals surface area contributed by atoms with Gasteiger partial charge in [-0.05, 0) is 43.5 Å². The molecule has 0 saturated carbocycles. The Morgan fingerprint density at radius 3 is 2.07 bits per heavy atom. The Kier molecular flexibility index (Phi) is 4.12. The molecule has 0 radical (unpaired) electrons. The van der Waals surface area contributed by atoms with Gasteiger partial charge < -0.3 is 15.5 Å². The number of aliphatic hydroxyl groups excluding tert-OH is 2. The van der Waals surface area contributed by atoms with Gasteiger partial charge in [-0.2, -0.15) is 0 Å². The molecule has 0 spiro atoms. The average Bonchev–Trinajstić information content (AvgIpc) is 2.21. The van der Waals surface area contributed by atoms with E-state index in [1.165, 1.54) is 11.1 Å². The van der Waals surface area contributed by atoms with E-state index in [0.29, 0.717) is 0 Å². The van der Waals surface area contributed by atoms with Crippen LogP contribution >= 0.6 is 0 Å². The van der Waals surface area contributed by atoms with Crippen molar-refractivity contribution >= 4 is 5.69 Å². The molecule has 0 saturated heterocycles. The van der Waals surface area contributed by atoms with E-state index in [4.69, 9.17) is 10.2 Å². The largest absolute Gasteiger partial charge is 0.394 e. The minimum atomic E-state index is -0.286. The third-order valence-corrected chi connectivity index (χ3v) is 2.64. The lowest BCUT2D eigenvalue weighted by Crippen LogP contribution is -2.28. The van der Waals surface area contributed by atoms with Crippen LogP contribution < -0.4 is 5.32 Å². The zero-order valence-electron chi connectivity index (χ0n) is 9.54. The van der Waals surface area contributed by atoms with Crippen LogP contribution in [-0.4, -0.2) is 29.5 Å². The normalized spacial score (nSPS) is 10.8. The molecule has 3 N–H and O–H groups in total. The summed E-state index contributed by atoms with van der Waals surface area (Å²) in [5.74, 6) is 0. The van der Waals surface area contributed by atoms with Gasteiger partial charge in [0, 0.05) is 5.69 Å². The summed E-state index contributed by atoms with van der Waals surface area (Å²) in [6, 6.07) is 3.86. The predicted octanol–water partition coefficient (Wildman–Crippen LogP) is 1.38. The number of nitrogens with one attached hydrogen (secondary N) is 1. The van der Waals surface area contributed by atoms with Crippen LogP contribution in [0.3, 0.4) is 0 Å². The van der Waals surface area contributed by atoms with E-state index in [2.05, 4.69) is 18.3 Å². The second-order valence-electron chi connectivity index (χ2n) is 3.96. The molecule has 0 bridgehead atoms. The SMILES string of the molecule is Cc1cc(C)c(NC(CO)CO)cc1C. The number of hydrogen-bond acceptors (Lipinski definition) is 3. The molecule has 1 rings (SSSR count). The summed E-state index contributed by atoms with van der Waals surface area (Å²) in [6.07, 6.45) is 0. The minimum absolute atomic E-state index is 0.0666. The Hall–Kier alpha value is -1.06. The Bertz CT molecular complexity index is 333. The van der Waals surface area contributed by atoms with Gasteiger partial charge in [-0.15, -0.1) is 0 Å². The molecule has 3 heteroatoms. The maximum Gasteiger partial charge on any atom is 0.0723 e. The number of rotatable bonds is 4. The molecule has 0 fully saturated rings. The van der Waals surface area contributed by atoms with Crippen LogP contribution in [0.25, 0.3) is 0 Å². The maximum atomic E-state index is 8.98. The first-order valence-corrected chi connectivity index (χ1v) is 5.14. The van der Waals surface area contributed by atoms with E-state index in [1.54, 1.807) is 0 Å². The van der Waals surface area contributed by atoms with Gasteiger partial charge in [0.2, 0.25) is 0 Å². The Morgan fingerprint density at radius 1 is 1.00 bits per heavy atom. The first-order valence-electron chi connectivity index (χ1n) is 5.14. The van der Waals surface area contributed by atoms with Crippen molar-refractivity contribution in [2.45, 2.75) is 26.8 Å². The molecule has 0 aliphatic carbocycles. The predicted molar refractivity (Wildman–Crippen MR) is 62.2 cm³/mol. The van der Waals surface area contributed by atoms with Gasteiger partial charge in [0.25, 0.3) is 0 Å². The van der Waals surface area contributed by atoms with Crippen LogP contribution in [0.1, 0.15) is 16.7 Å². The lowest BCUT2D eigenvalue weighted by atomic mass is 10.0. The molecule has 0 heterocycles. The average molecular weight is 209 g/mol. The Morgan fingerprint density at radius 2 is 1.53 bits per heavy atom. The van der Waals surface area contributed by atoms with Crippen LogP contribution in [0.15, 0.2) is 12.1 Å². The molecular weight excluding hydrogens is 190 g/mol. The van der Waals surface area contributed by atoms with Crippen molar-refractivity contribution in [3.8, 4) is 0 Å². The second-order valence-corrected chi connectivity index (χ2v) is 3.96. The van der Waals surface area contributed by atoms with Crippen molar-refractivity contribution in [3.63, 3.8) is 0 Å². The number of anilines is 1. The molecule has 0 aromatic heterocycles. The van der Waals surface area contributed by atoms with Crippen LogP contribution in [-0.2, 0) is 0 Å². The third kappa shape index (κ3) is 2.94. The maximum absolute atomic E-state index is 8.98. The molecule has 84 valence electrons. The fourth-order valence-corrected chi connectivity index (χ4v) is 1.48. The van der Waals surface area contributed by atoms with E-state index < -0.39 is 0 Å². The Balaban J connectivity index is 2.89. The first-order chi connectivity index (χ1) is 7.08. The van der Waals surface area contributed by atoms with Crippen LogP contribution in [0.4, 0.5) is 5.69 Å². The second kappa shape index (κ2) is 5.14. The molecular formula is C12H19NO2. The van der Waals surface area contributed by atoms with Gasteiger partial charge in [-0.1, -0.05) is 6.07 Å². The van der Waals surface area contributed by atoms with Crippen molar-refractivity contribution in [1.82, 2.24) is 0 Å². The molecule has 1 aromatic carbocycles. The summed E-state index contributed by atoms with van der Waals surface area (Å²) < 4.78 is 0. The minimum Gasteiger partial charge on any atom is -0.394 e. The topological polar surface area (TPSA) is 52.5 Å². The lowest BCUT2D eigenvalue weighted by molar-refractivity contribution is 0.204. The highest BCUT2D eigenvalue weighted by atomic mass is 16.3. The molecule has 0 unspecified atom stereocenters. The van der Waals surface area contributed by atoms with Gasteiger partial charge >= 0.3 is 0 Å². The highest BCUT2D eigenvalue weighted by molar-refractivity contribution is 5.55. The van der Waals surface area contributed by atoms with Gasteiger partial charge in [-0.3, -0.25) is 0 Å². The molecule has 1 aromatic rings. The van der Waals surface area contributed by atoms with Crippen LogP contribution in [0.5, 0.6) is 0 Å². The lowest BCUT2D eigenvalue weighted by Gasteiger charge is -2.18. The molecule has 0 aliphatic rings. The summed E-state index contributed by atoms with van der Waals surface area (Å²) >= 11 is 0. The first kappa shape index (κ1) is 12.0. The van der Waals surface area contributed by atoms with Crippen molar-refractivity contribution in [3.05, 3.63) is 28.8 Å². The molecule has 0 atom stereocenters. The van der Waals surface area contributed by atoms with Gasteiger partial charge in [0.05, 0.1) is 19.3 Å². The fraction of sp³-hybridized carbons (Fsp3) is 0.500. The van der Waals surface area contributed by atoms with Crippen molar-refractivity contribution < 1.29 is 10.2 Å².